The summed E-state index contributed by atoms with van der Waals surface area (Å²) in [6, 6.07) is 12.3. The lowest BCUT2D eigenvalue weighted by Crippen LogP contribution is -2.27. The third-order valence-electron chi connectivity index (χ3n) is 3.22. The van der Waals surface area contributed by atoms with Crippen LogP contribution in [0.25, 0.3) is 0 Å². The Morgan fingerprint density at radius 3 is 2.60 bits per heavy atom. The predicted octanol–water partition coefficient (Wildman–Crippen LogP) is 4.52. The molecule has 0 N–H and O–H groups in total. The number of amides is 1. The quantitative estimate of drug-likeness (QED) is 0.775. The molecule has 0 radical (unpaired) electrons. The fourth-order valence-corrected chi connectivity index (χ4v) is 3.55. The molecule has 1 amide bonds. The van der Waals surface area contributed by atoms with E-state index in [0.29, 0.717) is 0 Å². The summed E-state index contributed by atoms with van der Waals surface area (Å²) in [6.45, 7) is 2.79. The van der Waals surface area contributed by atoms with Crippen LogP contribution in [-0.2, 0) is 6.42 Å². The summed E-state index contributed by atoms with van der Waals surface area (Å²) in [5.41, 5.74) is 2.44. The number of benzene rings is 1. The van der Waals surface area contributed by atoms with E-state index in [0.717, 1.165) is 33.6 Å². The maximum absolute atomic E-state index is 12.3. The first-order valence-electron chi connectivity index (χ1n) is 6.63. The van der Waals surface area contributed by atoms with Gasteiger partial charge in [0.2, 0.25) is 0 Å². The van der Waals surface area contributed by atoms with Gasteiger partial charge in [-0.2, -0.15) is 0 Å². The number of thiophene rings is 1. The highest BCUT2D eigenvalue weighted by Gasteiger charge is 2.15. The Balaban J connectivity index is 1.85. The summed E-state index contributed by atoms with van der Waals surface area (Å²) in [4.78, 5) is 14.9. The van der Waals surface area contributed by atoms with Gasteiger partial charge in [-0.25, -0.2) is 0 Å². The fraction of sp³-hybridized carbons (Fsp3) is 0.312. The molecule has 0 spiro atoms. The topological polar surface area (TPSA) is 20.3 Å². The van der Waals surface area contributed by atoms with Crippen molar-refractivity contribution in [1.82, 2.24) is 4.90 Å². The van der Waals surface area contributed by atoms with Gasteiger partial charge >= 0.3 is 0 Å². The molecule has 4 heteroatoms. The Bertz CT molecular complexity index is 560. The number of aryl methyl sites for hydroxylation is 2. The van der Waals surface area contributed by atoms with Crippen molar-refractivity contribution in [2.75, 3.05) is 13.6 Å². The average molecular weight is 352 g/mol. The van der Waals surface area contributed by atoms with Crippen LogP contribution in [0.4, 0.5) is 0 Å². The lowest BCUT2D eigenvalue weighted by atomic mass is 10.1. The van der Waals surface area contributed by atoms with E-state index in [1.807, 2.05) is 26.1 Å². The zero-order valence-electron chi connectivity index (χ0n) is 11.7. The summed E-state index contributed by atoms with van der Waals surface area (Å²) >= 11 is 4.97. The molecule has 106 valence electrons. The van der Waals surface area contributed by atoms with Gasteiger partial charge in [0.25, 0.3) is 5.91 Å². The SMILES string of the molecule is Cc1cc(C(=O)N(C)CCCc2ccccc2)sc1Br. The van der Waals surface area contributed by atoms with Crippen molar-refractivity contribution in [2.45, 2.75) is 19.8 Å². The lowest BCUT2D eigenvalue weighted by molar-refractivity contribution is 0.0798. The molecule has 0 bridgehead atoms. The van der Waals surface area contributed by atoms with Gasteiger partial charge in [-0.3, -0.25) is 4.79 Å². The van der Waals surface area contributed by atoms with Gasteiger partial charge < -0.3 is 4.90 Å². The van der Waals surface area contributed by atoms with Gasteiger partial charge in [0.05, 0.1) is 8.66 Å². The normalized spacial score (nSPS) is 10.6. The number of carbonyl (C=O) groups is 1. The zero-order valence-corrected chi connectivity index (χ0v) is 14.1. The number of rotatable bonds is 5. The summed E-state index contributed by atoms with van der Waals surface area (Å²) in [5, 5.41) is 0. The van der Waals surface area contributed by atoms with E-state index in [1.54, 1.807) is 4.90 Å². The van der Waals surface area contributed by atoms with Gasteiger partial charge in [0.1, 0.15) is 0 Å². The van der Waals surface area contributed by atoms with Crippen molar-refractivity contribution in [3.05, 3.63) is 56.2 Å². The van der Waals surface area contributed by atoms with E-state index in [9.17, 15) is 4.79 Å². The Hall–Kier alpha value is -1.13. The van der Waals surface area contributed by atoms with E-state index in [-0.39, 0.29) is 5.91 Å². The first-order valence-corrected chi connectivity index (χ1v) is 8.24. The molecular formula is C16H18BrNOS. The highest BCUT2D eigenvalue weighted by Crippen LogP contribution is 2.28. The molecule has 2 rings (SSSR count). The molecule has 2 aromatic rings. The summed E-state index contributed by atoms with van der Waals surface area (Å²) in [5.74, 6) is 0.108. The van der Waals surface area contributed by atoms with Crippen LogP contribution in [0.2, 0.25) is 0 Å². The van der Waals surface area contributed by atoms with Gasteiger partial charge in [0.15, 0.2) is 0 Å². The van der Waals surface area contributed by atoms with Crippen LogP contribution in [0, 0.1) is 6.92 Å². The lowest BCUT2D eigenvalue weighted by Gasteiger charge is -2.16. The molecule has 0 saturated carbocycles. The Labute approximate surface area is 132 Å². The fourth-order valence-electron chi connectivity index (χ4n) is 2.02. The van der Waals surface area contributed by atoms with E-state index in [1.165, 1.54) is 16.9 Å². The molecule has 0 saturated heterocycles. The highest BCUT2D eigenvalue weighted by atomic mass is 79.9. The van der Waals surface area contributed by atoms with Crippen molar-refractivity contribution >= 4 is 33.2 Å². The van der Waals surface area contributed by atoms with Crippen LogP contribution in [0.3, 0.4) is 0 Å². The molecule has 0 unspecified atom stereocenters. The Kier molecular flexibility index (Phi) is 5.38. The molecule has 0 aliphatic carbocycles. The minimum Gasteiger partial charge on any atom is -0.341 e. The molecule has 1 heterocycles. The smallest absolute Gasteiger partial charge is 0.263 e. The van der Waals surface area contributed by atoms with Crippen molar-refractivity contribution < 1.29 is 4.79 Å². The first kappa shape index (κ1) is 15.3. The van der Waals surface area contributed by atoms with Gasteiger partial charge in [0, 0.05) is 13.6 Å². The van der Waals surface area contributed by atoms with Crippen molar-refractivity contribution in [3.8, 4) is 0 Å². The molecule has 20 heavy (non-hydrogen) atoms. The molecule has 0 aliphatic heterocycles. The van der Waals surface area contributed by atoms with E-state index >= 15 is 0 Å². The highest BCUT2D eigenvalue weighted by molar-refractivity contribution is 9.11. The van der Waals surface area contributed by atoms with Crippen LogP contribution in [0.15, 0.2) is 40.2 Å². The number of nitrogens with zero attached hydrogens (tertiary/aromatic N) is 1. The number of carbonyl (C=O) groups excluding carboxylic acids is 1. The maximum atomic E-state index is 12.3. The average Bonchev–Trinajstić information content (AvgIpc) is 2.79. The Morgan fingerprint density at radius 2 is 2.00 bits per heavy atom. The number of hydrogen-bond acceptors (Lipinski definition) is 2. The standard InChI is InChI=1S/C16H18BrNOS/c1-12-11-14(20-15(12)17)16(19)18(2)10-6-9-13-7-4-3-5-8-13/h3-5,7-8,11H,6,9-10H2,1-2H3. The second-order valence-electron chi connectivity index (χ2n) is 4.88. The molecule has 2 nitrogen and oxygen atoms in total. The zero-order chi connectivity index (χ0) is 14.5. The molecule has 1 aromatic heterocycles. The minimum absolute atomic E-state index is 0.108. The van der Waals surface area contributed by atoms with Crippen molar-refractivity contribution in [2.24, 2.45) is 0 Å². The minimum atomic E-state index is 0.108. The first-order chi connectivity index (χ1) is 9.58. The van der Waals surface area contributed by atoms with Crippen molar-refractivity contribution in [3.63, 3.8) is 0 Å². The van der Waals surface area contributed by atoms with Crippen LogP contribution >= 0.6 is 27.3 Å². The van der Waals surface area contributed by atoms with Gasteiger partial charge in [-0.05, 0) is 52.9 Å². The van der Waals surface area contributed by atoms with Gasteiger partial charge in [-0.15, -0.1) is 11.3 Å². The summed E-state index contributed by atoms with van der Waals surface area (Å²) in [6.07, 6.45) is 1.99. The number of hydrogen-bond donors (Lipinski definition) is 0. The van der Waals surface area contributed by atoms with Crippen LogP contribution in [0.5, 0.6) is 0 Å². The summed E-state index contributed by atoms with van der Waals surface area (Å²) in [7, 11) is 1.87. The molecule has 1 aromatic carbocycles. The Morgan fingerprint density at radius 1 is 1.30 bits per heavy atom. The van der Waals surface area contributed by atoms with Crippen LogP contribution < -0.4 is 0 Å². The third kappa shape index (κ3) is 3.93. The number of halogens is 1. The van der Waals surface area contributed by atoms with E-state index in [2.05, 4.69) is 40.2 Å². The van der Waals surface area contributed by atoms with Gasteiger partial charge in [-0.1, -0.05) is 30.3 Å². The molecule has 0 atom stereocenters. The summed E-state index contributed by atoms with van der Waals surface area (Å²) < 4.78 is 1.04. The second kappa shape index (κ2) is 7.04. The molecule has 0 fully saturated rings. The predicted molar refractivity (Wildman–Crippen MR) is 88.5 cm³/mol. The largest absolute Gasteiger partial charge is 0.341 e. The van der Waals surface area contributed by atoms with Crippen molar-refractivity contribution in [1.29, 1.82) is 0 Å². The second-order valence-corrected chi connectivity index (χ2v) is 7.25. The van der Waals surface area contributed by atoms with Crippen LogP contribution in [-0.4, -0.2) is 24.4 Å². The van der Waals surface area contributed by atoms with E-state index in [4.69, 9.17) is 0 Å². The van der Waals surface area contributed by atoms with Crippen LogP contribution in [0.1, 0.15) is 27.2 Å². The maximum Gasteiger partial charge on any atom is 0.263 e. The molecule has 0 aliphatic rings. The molecular weight excluding hydrogens is 334 g/mol. The van der Waals surface area contributed by atoms with E-state index < -0.39 is 0 Å². The monoisotopic (exact) mass is 351 g/mol. The third-order valence-corrected chi connectivity index (χ3v) is 5.34.